The van der Waals surface area contributed by atoms with Crippen LogP contribution in [0.4, 0.5) is 0 Å². The number of carboxylic acids is 1. The van der Waals surface area contributed by atoms with Gasteiger partial charge in [-0.3, -0.25) is 4.79 Å². The first-order valence-corrected chi connectivity index (χ1v) is 7.19. The lowest BCUT2D eigenvalue weighted by Gasteiger charge is -2.22. The highest BCUT2D eigenvalue weighted by molar-refractivity contribution is 5.78. The number of fused-ring (bicyclic) bond motifs is 1. The molecule has 1 aromatic carbocycles. The average molecular weight is 272 g/mol. The average Bonchev–Trinajstić information content (AvgIpc) is 2.98. The first-order valence-electron chi connectivity index (χ1n) is 7.19. The molecule has 0 radical (unpaired) electrons. The van der Waals surface area contributed by atoms with E-state index >= 15 is 0 Å². The van der Waals surface area contributed by atoms with E-state index in [1.165, 1.54) is 11.1 Å². The Balaban J connectivity index is 1.96. The van der Waals surface area contributed by atoms with E-state index in [2.05, 4.69) is 35.9 Å². The van der Waals surface area contributed by atoms with Crippen LogP contribution in [0.25, 0.3) is 11.0 Å². The van der Waals surface area contributed by atoms with Crippen LogP contribution >= 0.6 is 0 Å². The van der Waals surface area contributed by atoms with E-state index < -0.39 is 11.4 Å². The number of hydrogen-bond donors (Lipinski definition) is 2. The van der Waals surface area contributed by atoms with Crippen LogP contribution in [0.5, 0.6) is 0 Å². The van der Waals surface area contributed by atoms with Crippen molar-refractivity contribution in [2.24, 2.45) is 5.41 Å². The number of benzene rings is 1. The van der Waals surface area contributed by atoms with Gasteiger partial charge in [-0.15, -0.1) is 0 Å². The molecule has 0 unspecified atom stereocenters. The molecule has 1 heterocycles. The van der Waals surface area contributed by atoms with Crippen molar-refractivity contribution in [3.8, 4) is 0 Å². The molecule has 0 aliphatic heterocycles. The fourth-order valence-electron chi connectivity index (χ4n) is 3.24. The van der Waals surface area contributed by atoms with Crippen molar-refractivity contribution in [2.75, 3.05) is 0 Å². The van der Waals surface area contributed by atoms with Crippen LogP contribution in [0.15, 0.2) is 12.1 Å². The number of hydrogen-bond acceptors (Lipinski definition) is 2. The van der Waals surface area contributed by atoms with Crippen molar-refractivity contribution < 1.29 is 9.90 Å². The molecule has 0 bridgehead atoms. The number of H-pyrrole nitrogens is 1. The van der Waals surface area contributed by atoms with Crippen LogP contribution in [0.1, 0.15) is 42.6 Å². The van der Waals surface area contributed by atoms with Gasteiger partial charge in [0.15, 0.2) is 0 Å². The van der Waals surface area contributed by atoms with Crippen molar-refractivity contribution in [3.05, 3.63) is 29.1 Å². The smallest absolute Gasteiger partial charge is 0.310 e. The van der Waals surface area contributed by atoms with Crippen molar-refractivity contribution in [3.63, 3.8) is 0 Å². The maximum Gasteiger partial charge on any atom is 0.310 e. The van der Waals surface area contributed by atoms with Crippen molar-refractivity contribution in [2.45, 2.75) is 46.0 Å². The molecule has 2 N–H and O–H groups in total. The summed E-state index contributed by atoms with van der Waals surface area (Å²) in [5.41, 5.74) is 3.76. The van der Waals surface area contributed by atoms with E-state index in [-0.39, 0.29) is 0 Å². The largest absolute Gasteiger partial charge is 0.481 e. The minimum Gasteiger partial charge on any atom is -0.481 e. The Morgan fingerprint density at radius 1 is 1.30 bits per heavy atom. The number of aliphatic carboxylic acids is 1. The second-order valence-corrected chi connectivity index (χ2v) is 6.11. The molecule has 1 aromatic heterocycles. The van der Waals surface area contributed by atoms with E-state index in [4.69, 9.17) is 0 Å². The SMILES string of the molecule is Cc1cc2nc(CC3(C(=O)O)CCCC3)[nH]c2cc1C. The minimum absolute atomic E-state index is 0.509. The van der Waals surface area contributed by atoms with Gasteiger partial charge in [-0.05, 0) is 49.9 Å². The molecule has 4 nitrogen and oxygen atoms in total. The minimum atomic E-state index is -0.678. The molecule has 2 aromatic rings. The summed E-state index contributed by atoms with van der Waals surface area (Å²) in [7, 11) is 0. The second kappa shape index (κ2) is 4.62. The Hall–Kier alpha value is -1.84. The molecule has 3 rings (SSSR count). The summed E-state index contributed by atoms with van der Waals surface area (Å²) in [4.78, 5) is 19.5. The molecule has 20 heavy (non-hydrogen) atoms. The fraction of sp³-hybridized carbons (Fsp3) is 0.500. The van der Waals surface area contributed by atoms with Crippen LogP contribution in [-0.2, 0) is 11.2 Å². The molecule has 1 aliphatic carbocycles. The number of carbonyl (C=O) groups is 1. The number of nitrogens with one attached hydrogen (secondary N) is 1. The van der Waals surface area contributed by atoms with Gasteiger partial charge in [0.25, 0.3) is 0 Å². The van der Waals surface area contributed by atoms with Gasteiger partial charge in [0, 0.05) is 6.42 Å². The molecule has 0 saturated heterocycles. The highest BCUT2D eigenvalue weighted by Crippen LogP contribution is 2.41. The van der Waals surface area contributed by atoms with E-state index in [0.29, 0.717) is 6.42 Å². The number of carboxylic acid groups (broad SMARTS) is 1. The normalized spacial score (nSPS) is 17.7. The molecule has 0 spiro atoms. The van der Waals surface area contributed by atoms with Crippen LogP contribution in [0.3, 0.4) is 0 Å². The third kappa shape index (κ3) is 2.09. The van der Waals surface area contributed by atoms with E-state index in [1.54, 1.807) is 0 Å². The molecule has 106 valence electrons. The fourth-order valence-corrected chi connectivity index (χ4v) is 3.24. The van der Waals surface area contributed by atoms with Crippen molar-refractivity contribution in [1.29, 1.82) is 0 Å². The zero-order valence-electron chi connectivity index (χ0n) is 12.0. The summed E-state index contributed by atoms with van der Waals surface area (Å²) in [5.74, 6) is 0.122. The van der Waals surface area contributed by atoms with Crippen LogP contribution in [0.2, 0.25) is 0 Å². The summed E-state index contributed by atoms with van der Waals surface area (Å²) in [5, 5.41) is 9.55. The quantitative estimate of drug-likeness (QED) is 0.900. The molecule has 1 aliphatic rings. The lowest BCUT2D eigenvalue weighted by Crippen LogP contribution is -2.30. The molecule has 1 fully saturated rings. The Morgan fingerprint density at radius 3 is 2.60 bits per heavy atom. The Bertz CT molecular complexity index is 627. The molecule has 4 heteroatoms. The molecule has 0 atom stereocenters. The van der Waals surface area contributed by atoms with Crippen LogP contribution in [0, 0.1) is 19.3 Å². The van der Waals surface area contributed by atoms with Gasteiger partial charge in [0.05, 0.1) is 16.4 Å². The standard InChI is InChI=1S/C16H20N2O2/c1-10-7-12-13(8-11(10)2)18-14(17-12)9-16(15(19)20)5-3-4-6-16/h7-8H,3-6,9H2,1-2H3,(H,17,18)(H,19,20). The zero-order chi connectivity index (χ0) is 14.3. The second-order valence-electron chi connectivity index (χ2n) is 6.11. The predicted octanol–water partition coefficient (Wildman–Crippen LogP) is 3.37. The van der Waals surface area contributed by atoms with Gasteiger partial charge >= 0.3 is 5.97 Å². The molecule has 0 amide bonds. The topological polar surface area (TPSA) is 66.0 Å². The highest BCUT2D eigenvalue weighted by atomic mass is 16.4. The number of rotatable bonds is 3. The van der Waals surface area contributed by atoms with Crippen molar-refractivity contribution in [1.82, 2.24) is 9.97 Å². The summed E-state index contributed by atoms with van der Waals surface area (Å²) < 4.78 is 0. The Morgan fingerprint density at radius 2 is 1.95 bits per heavy atom. The zero-order valence-corrected chi connectivity index (χ0v) is 12.0. The van der Waals surface area contributed by atoms with Crippen molar-refractivity contribution >= 4 is 17.0 Å². The van der Waals surface area contributed by atoms with Crippen LogP contribution in [-0.4, -0.2) is 21.0 Å². The van der Waals surface area contributed by atoms with Gasteiger partial charge < -0.3 is 10.1 Å². The summed E-state index contributed by atoms with van der Waals surface area (Å²) in [6.07, 6.45) is 4.04. The monoisotopic (exact) mass is 272 g/mol. The van der Waals surface area contributed by atoms with Gasteiger partial charge in [0.2, 0.25) is 0 Å². The number of aromatic nitrogens is 2. The Kier molecular flexibility index (Phi) is 3.04. The van der Waals surface area contributed by atoms with E-state index in [0.717, 1.165) is 42.5 Å². The Labute approximate surface area is 118 Å². The number of aryl methyl sites for hydroxylation is 2. The number of nitrogens with zero attached hydrogens (tertiary/aromatic N) is 1. The predicted molar refractivity (Wildman–Crippen MR) is 77.8 cm³/mol. The summed E-state index contributed by atoms with van der Waals surface area (Å²) in [6, 6.07) is 4.15. The van der Waals surface area contributed by atoms with Gasteiger partial charge in [0.1, 0.15) is 5.82 Å². The first kappa shape index (κ1) is 13.2. The van der Waals surface area contributed by atoms with Gasteiger partial charge in [-0.2, -0.15) is 0 Å². The highest BCUT2D eigenvalue weighted by Gasteiger charge is 2.42. The number of imidazole rings is 1. The third-order valence-electron chi connectivity index (χ3n) is 4.67. The number of aromatic amines is 1. The van der Waals surface area contributed by atoms with Gasteiger partial charge in [-0.1, -0.05) is 12.8 Å². The lowest BCUT2D eigenvalue weighted by atomic mass is 9.82. The summed E-state index contributed by atoms with van der Waals surface area (Å²) in [6.45, 7) is 4.14. The molecule has 1 saturated carbocycles. The maximum atomic E-state index is 11.6. The van der Waals surface area contributed by atoms with E-state index in [1.807, 2.05) is 0 Å². The molecular formula is C16H20N2O2. The lowest BCUT2D eigenvalue weighted by molar-refractivity contribution is -0.148. The molecular weight excluding hydrogens is 252 g/mol. The summed E-state index contributed by atoms with van der Waals surface area (Å²) >= 11 is 0. The maximum absolute atomic E-state index is 11.6. The van der Waals surface area contributed by atoms with Gasteiger partial charge in [-0.25, -0.2) is 4.98 Å². The first-order chi connectivity index (χ1) is 9.50. The third-order valence-corrected chi connectivity index (χ3v) is 4.67. The van der Waals surface area contributed by atoms with Crippen LogP contribution < -0.4 is 0 Å². The van der Waals surface area contributed by atoms with E-state index in [9.17, 15) is 9.90 Å².